The fourth-order valence-corrected chi connectivity index (χ4v) is 3.23. The Morgan fingerprint density at radius 2 is 2.00 bits per heavy atom. The molecule has 0 aliphatic carbocycles. The zero-order chi connectivity index (χ0) is 19.0. The van der Waals surface area contributed by atoms with Gasteiger partial charge in [-0.15, -0.1) is 0 Å². The van der Waals surface area contributed by atoms with Gasteiger partial charge in [0.15, 0.2) is 0 Å². The summed E-state index contributed by atoms with van der Waals surface area (Å²) in [5.41, 5.74) is 1.52. The van der Waals surface area contributed by atoms with Crippen molar-refractivity contribution in [1.29, 1.82) is 0 Å². The molecule has 138 valence electrons. The number of nitrogens with zero attached hydrogens (tertiary/aromatic N) is 4. The highest BCUT2D eigenvalue weighted by molar-refractivity contribution is 5.58. The van der Waals surface area contributed by atoms with Crippen LogP contribution in [0.3, 0.4) is 0 Å². The number of fused-ring (bicyclic) bond motifs is 1. The van der Waals surface area contributed by atoms with Crippen LogP contribution in [0, 0.1) is 21.7 Å². The minimum Gasteiger partial charge on any atom is -0.360 e. The lowest BCUT2D eigenvalue weighted by molar-refractivity contribution is -0.384. The maximum atomic E-state index is 14.3. The maximum absolute atomic E-state index is 14.3. The number of hydrogen-bond acceptors (Lipinski definition) is 6. The Morgan fingerprint density at radius 3 is 2.74 bits per heavy atom. The molecule has 0 radical (unpaired) electrons. The fourth-order valence-electron chi connectivity index (χ4n) is 3.23. The average Bonchev–Trinajstić information content (AvgIpc) is 3.10. The first-order valence-electron chi connectivity index (χ1n) is 8.31. The Bertz CT molecular complexity index is 1000. The van der Waals surface area contributed by atoms with Gasteiger partial charge in [-0.25, -0.2) is 8.78 Å². The number of anilines is 1. The zero-order valence-electron chi connectivity index (χ0n) is 14.1. The van der Waals surface area contributed by atoms with Gasteiger partial charge in [-0.05, 0) is 36.6 Å². The molecule has 0 saturated carbocycles. The summed E-state index contributed by atoms with van der Waals surface area (Å²) >= 11 is 0. The number of rotatable bonds is 4. The molecule has 0 amide bonds. The van der Waals surface area contributed by atoms with Gasteiger partial charge in [0.05, 0.1) is 17.2 Å². The van der Waals surface area contributed by atoms with E-state index in [1.165, 1.54) is 30.3 Å². The van der Waals surface area contributed by atoms with Gasteiger partial charge in [0.2, 0.25) is 11.7 Å². The van der Waals surface area contributed by atoms with Crippen LogP contribution in [0.5, 0.6) is 0 Å². The second-order valence-electron chi connectivity index (χ2n) is 6.24. The number of benzene rings is 2. The first-order chi connectivity index (χ1) is 13.0. The third-order valence-electron chi connectivity index (χ3n) is 4.43. The molecule has 1 aliphatic heterocycles. The molecular formula is C18H14F2N4O3. The number of aryl methyl sites for hydroxylation is 1. The Hall–Kier alpha value is -3.36. The molecule has 1 aliphatic rings. The average molecular weight is 372 g/mol. The topological polar surface area (TPSA) is 85.3 Å². The summed E-state index contributed by atoms with van der Waals surface area (Å²) in [5, 5.41) is 14.6. The summed E-state index contributed by atoms with van der Waals surface area (Å²) in [5.74, 6) is -0.636. The van der Waals surface area contributed by atoms with Crippen molar-refractivity contribution in [3.8, 4) is 11.4 Å². The van der Waals surface area contributed by atoms with E-state index in [1.54, 1.807) is 4.90 Å². The van der Waals surface area contributed by atoms with Gasteiger partial charge in [0.1, 0.15) is 11.6 Å². The van der Waals surface area contributed by atoms with E-state index in [9.17, 15) is 18.9 Å². The predicted octanol–water partition coefficient (Wildman–Crippen LogP) is 3.88. The van der Waals surface area contributed by atoms with Crippen LogP contribution in [0.25, 0.3) is 11.4 Å². The number of aromatic nitrogens is 2. The van der Waals surface area contributed by atoms with Gasteiger partial charge in [0.25, 0.3) is 5.69 Å². The zero-order valence-corrected chi connectivity index (χ0v) is 14.1. The van der Waals surface area contributed by atoms with Gasteiger partial charge >= 0.3 is 0 Å². The SMILES string of the molecule is O=[N+]([O-])c1ccc(-c2noc(CN3CCCc4cc(F)cc(F)c43)n2)cc1. The second kappa shape index (κ2) is 6.75. The molecule has 1 aromatic heterocycles. The van der Waals surface area contributed by atoms with E-state index >= 15 is 0 Å². The Morgan fingerprint density at radius 1 is 1.22 bits per heavy atom. The molecule has 9 heteroatoms. The molecule has 0 saturated heterocycles. The van der Waals surface area contributed by atoms with Gasteiger partial charge < -0.3 is 9.42 Å². The summed E-state index contributed by atoms with van der Waals surface area (Å²) in [6, 6.07) is 8.00. The number of non-ortho nitro benzene ring substituents is 1. The summed E-state index contributed by atoms with van der Waals surface area (Å²) in [4.78, 5) is 16.3. The molecular weight excluding hydrogens is 358 g/mol. The van der Waals surface area contributed by atoms with Gasteiger partial charge in [-0.3, -0.25) is 10.1 Å². The van der Waals surface area contributed by atoms with Crippen LogP contribution in [0.4, 0.5) is 20.2 Å². The molecule has 4 rings (SSSR count). The first-order valence-corrected chi connectivity index (χ1v) is 8.31. The van der Waals surface area contributed by atoms with E-state index in [1.807, 2.05) is 0 Å². The lowest BCUT2D eigenvalue weighted by Crippen LogP contribution is -2.30. The van der Waals surface area contributed by atoms with Crippen molar-refractivity contribution < 1.29 is 18.2 Å². The monoisotopic (exact) mass is 372 g/mol. The highest BCUT2D eigenvalue weighted by Crippen LogP contribution is 2.32. The molecule has 2 aromatic carbocycles. The number of halogens is 2. The van der Waals surface area contributed by atoms with E-state index in [-0.39, 0.29) is 23.9 Å². The van der Waals surface area contributed by atoms with E-state index in [0.717, 1.165) is 12.5 Å². The molecule has 2 heterocycles. The molecule has 0 fully saturated rings. The van der Waals surface area contributed by atoms with Crippen LogP contribution in [-0.2, 0) is 13.0 Å². The van der Waals surface area contributed by atoms with Crippen molar-refractivity contribution in [1.82, 2.24) is 10.1 Å². The summed E-state index contributed by atoms with van der Waals surface area (Å²) in [7, 11) is 0. The van der Waals surface area contributed by atoms with Crippen LogP contribution in [0.1, 0.15) is 17.9 Å². The van der Waals surface area contributed by atoms with Crippen LogP contribution in [0.2, 0.25) is 0 Å². The van der Waals surface area contributed by atoms with E-state index in [2.05, 4.69) is 10.1 Å². The third-order valence-corrected chi connectivity index (χ3v) is 4.43. The maximum Gasteiger partial charge on any atom is 0.269 e. The highest BCUT2D eigenvalue weighted by atomic mass is 19.1. The molecule has 27 heavy (non-hydrogen) atoms. The normalized spacial score (nSPS) is 13.5. The van der Waals surface area contributed by atoms with Crippen LogP contribution >= 0.6 is 0 Å². The van der Waals surface area contributed by atoms with Crippen molar-refractivity contribution in [2.75, 3.05) is 11.4 Å². The van der Waals surface area contributed by atoms with Gasteiger partial charge in [-0.1, -0.05) is 5.16 Å². The second-order valence-corrected chi connectivity index (χ2v) is 6.24. The largest absolute Gasteiger partial charge is 0.360 e. The van der Waals surface area contributed by atoms with Crippen LogP contribution < -0.4 is 4.90 Å². The molecule has 7 nitrogen and oxygen atoms in total. The van der Waals surface area contributed by atoms with Crippen molar-refractivity contribution >= 4 is 11.4 Å². The van der Waals surface area contributed by atoms with Crippen molar-refractivity contribution in [2.45, 2.75) is 19.4 Å². The van der Waals surface area contributed by atoms with Gasteiger partial charge in [-0.2, -0.15) is 4.98 Å². The Labute approximate surface area is 152 Å². The Balaban J connectivity index is 1.56. The minimum atomic E-state index is -0.611. The minimum absolute atomic E-state index is 0.0323. The van der Waals surface area contributed by atoms with Gasteiger partial charge in [0, 0.05) is 30.3 Å². The predicted molar refractivity (Wildman–Crippen MR) is 92.1 cm³/mol. The fraction of sp³-hybridized carbons (Fsp3) is 0.222. The standard InChI is InChI=1S/C18H14F2N4O3/c19-13-8-12-2-1-7-23(17(12)15(20)9-13)10-16-21-18(22-27-16)11-3-5-14(6-4-11)24(25)26/h3-6,8-9H,1-2,7,10H2. The summed E-state index contributed by atoms with van der Waals surface area (Å²) in [6.45, 7) is 0.778. The third kappa shape index (κ3) is 3.35. The lowest BCUT2D eigenvalue weighted by Gasteiger charge is -2.30. The molecule has 0 bridgehead atoms. The van der Waals surface area contributed by atoms with E-state index in [0.29, 0.717) is 29.8 Å². The number of nitro benzene ring substituents is 1. The molecule has 0 N–H and O–H groups in total. The Kier molecular flexibility index (Phi) is 4.27. The number of hydrogen-bond donors (Lipinski definition) is 0. The number of nitro groups is 1. The smallest absolute Gasteiger partial charge is 0.269 e. The van der Waals surface area contributed by atoms with E-state index in [4.69, 9.17) is 4.52 Å². The van der Waals surface area contributed by atoms with Crippen molar-refractivity contribution in [2.24, 2.45) is 0 Å². The molecule has 0 unspecified atom stereocenters. The van der Waals surface area contributed by atoms with E-state index < -0.39 is 16.6 Å². The molecule has 3 aromatic rings. The molecule has 0 spiro atoms. The van der Waals surface area contributed by atoms with Crippen LogP contribution in [-0.4, -0.2) is 21.6 Å². The highest BCUT2D eigenvalue weighted by Gasteiger charge is 2.24. The van der Waals surface area contributed by atoms with Crippen LogP contribution in [0.15, 0.2) is 40.9 Å². The molecule has 0 atom stereocenters. The first kappa shape index (κ1) is 17.1. The summed E-state index contributed by atoms with van der Waals surface area (Å²) in [6.07, 6.45) is 1.37. The van der Waals surface area contributed by atoms with Crippen molar-refractivity contribution in [3.63, 3.8) is 0 Å². The quantitative estimate of drug-likeness (QED) is 0.510. The van der Waals surface area contributed by atoms with Crippen molar-refractivity contribution in [3.05, 3.63) is 69.6 Å². The lowest BCUT2D eigenvalue weighted by atomic mass is 10.0. The summed E-state index contributed by atoms with van der Waals surface area (Å²) < 4.78 is 32.9.